The van der Waals surface area contributed by atoms with Gasteiger partial charge >= 0.3 is 0 Å². The second-order valence-corrected chi connectivity index (χ2v) is 19.7. The van der Waals surface area contributed by atoms with Gasteiger partial charge in [-0.25, -0.2) is 4.98 Å². The number of aromatic nitrogens is 2. The molecule has 0 unspecified atom stereocenters. The smallest absolute Gasteiger partial charge is 0.213 e. The van der Waals surface area contributed by atoms with Crippen LogP contribution >= 0.6 is 0 Å². The van der Waals surface area contributed by atoms with E-state index in [9.17, 15) is 0 Å². The van der Waals surface area contributed by atoms with Crippen LogP contribution in [0.25, 0.3) is 22.0 Å². The molecule has 2 heterocycles. The predicted octanol–water partition coefficient (Wildman–Crippen LogP) is 11.6. The number of benzene rings is 4. The van der Waals surface area contributed by atoms with Crippen molar-refractivity contribution in [2.24, 2.45) is 0 Å². The van der Waals surface area contributed by atoms with Crippen LogP contribution in [-0.4, -0.2) is 24.6 Å². The van der Waals surface area contributed by atoms with Gasteiger partial charge in [0.05, 0.1) is 19.0 Å². The molecule has 0 aliphatic heterocycles. The molecule has 0 atom stereocenters. The Kier molecular flexibility index (Phi) is 10.6. The SMILES string of the molecule is COc1ccc(COc2cc(Nc3ccc(OCc4ccccc4)nc3)cc(-c3cccc4c3ccn4[Si](C(C)C)(C(C)C)C(C)C)c2)cc1. The zero-order valence-corrected chi connectivity index (χ0v) is 31.3. The number of methoxy groups -OCH3 is 1. The fourth-order valence-corrected chi connectivity index (χ4v) is 14.4. The van der Waals surface area contributed by atoms with Crippen LogP contribution < -0.4 is 19.5 Å². The number of nitrogens with one attached hydrogen (secondary N) is 1. The molecule has 1 N–H and O–H groups in total. The highest BCUT2D eigenvalue weighted by Gasteiger charge is 2.45. The fraction of sp³-hybridized carbons (Fsp3) is 0.279. The number of rotatable bonds is 14. The minimum Gasteiger partial charge on any atom is -0.497 e. The van der Waals surface area contributed by atoms with Gasteiger partial charge in [-0.1, -0.05) is 96.1 Å². The van der Waals surface area contributed by atoms with E-state index in [1.165, 1.54) is 16.5 Å². The van der Waals surface area contributed by atoms with E-state index in [4.69, 9.17) is 14.2 Å². The topological polar surface area (TPSA) is 57.5 Å². The first-order valence-electron chi connectivity index (χ1n) is 17.6. The summed E-state index contributed by atoms with van der Waals surface area (Å²) in [4.78, 5) is 4.57. The van der Waals surface area contributed by atoms with Gasteiger partial charge in [0.15, 0.2) is 8.24 Å². The molecule has 0 amide bonds. The summed E-state index contributed by atoms with van der Waals surface area (Å²) in [7, 11) is -0.268. The molecular formula is C43H49N3O3Si. The molecule has 50 heavy (non-hydrogen) atoms. The van der Waals surface area contributed by atoms with Gasteiger partial charge in [0.2, 0.25) is 5.88 Å². The maximum absolute atomic E-state index is 6.45. The van der Waals surface area contributed by atoms with E-state index < -0.39 is 8.24 Å². The molecule has 4 aromatic carbocycles. The van der Waals surface area contributed by atoms with Crippen LogP contribution in [0.5, 0.6) is 17.4 Å². The standard InChI is InChI=1S/C43H49N3O3Si/c1-30(2)50(31(3)4,32(5)6)46-23-22-41-40(14-11-15-42(41)46)35-24-37(26-39(25-35)48-28-34-16-19-38(47-7)20-17-34)45-36-18-21-43(44-27-36)49-29-33-12-9-8-10-13-33/h8-27,30-32,45H,28-29H2,1-7H3. The Morgan fingerprint density at radius 1 is 0.660 bits per heavy atom. The number of fused-ring (bicyclic) bond motifs is 1. The quantitative estimate of drug-likeness (QED) is 0.116. The Hall–Kier alpha value is -5.01. The predicted molar refractivity (Wildman–Crippen MR) is 209 cm³/mol. The molecular weight excluding hydrogens is 635 g/mol. The molecule has 6 rings (SSSR count). The molecule has 7 heteroatoms. The first-order valence-corrected chi connectivity index (χ1v) is 19.8. The van der Waals surface area contributed by atoms with Gasteiger partial charge in [0, 0.05) is 28.7 Å². The number of ether oxygens (including phenoxy) is 3. The number of nitrogens with zero attached hydrogens (tertiary/aromatic N) is 2. The van der Waals surface area contributed by atoms with Crippen LogP contribution in [0.1, 0.15) is 52.7 Å². The fourth-order valence-electron chi connectivity index (χ4n) is 7.83. The summed E-state index contributed by atoms with van der Waals surface area (Å²) in [5.74, 6) is 2.19. The third-order valence-corrected chi connectivity index (χ3v) is 16.7. The summed E-state index contributed by atoms with van der Waals surface area (Å²) in [5.41, 5.74) is 9.30. The lowest BCUT2D eigenvalue weighted by Gasteiger charge is -2.44. The lowest BCUT2D eigenvalue weighted by Crippen LogP contribution is -2.51. The third kappa shape index (κ3) is 7.29. The summed E-state index contributed by atoms with van der Waals surface area (Å²) in [6.45, 7) is 15.4. The molecule has 6 nitrogen and oxygen atoms in total. The molecule has 6 aromatic rings. The van der Waals surface area contributed by atoms with Crippen molar-refractivity contribution in [3.05, 3.63) is 133 Å². The average molecular weight is 684 g/mol. The van der Waals surface area contributed by atoms with Gasteiger partial charge in [-0.05, 0) is 87.5 Å². The molecule has 0 saturated carbocycles. The van der Waals surface area contributed by atoms with Gasteiger partial charge < -0.3 is 23.8 Å². The van der Waals surface area contributed by atoms with Crippen LogP contribution in [-0.2, 0) is 13.2 Å². The zero-order valence-electron chi connectivity index (χ0n) is 30.3. The molecule has 2 aromatic heterocycles. The molecule has 0 radical (unpaired) electrons. The monoisotopic (exact) mass is 683 g/mol. The van der Waals surface area contributed by atoms with Crippen LogP contribution in [0.15, 0.2) is 122 Å². The van der Waals surface area contributed by atoms with Gasteiger partial charge in [-0.15, -0.1) is 0 Å². The van der Waals surface area contributed by atoms with Crippen LogP contribution in [0.4, 0.5) is 11.4 Å². The van der Waals surface area contributed by atoms with Crippen molar-refractivity contribution in [2.75, 3.05) is 12.4 Å². The molecule has 0 fully saturated rings. The van der Waals surface area contributed by atoms with E-state index in [-0.39, 0.29) is 0 Å². The molecule has 0 aliphatic carbocycles. The van der Waals surface area contributed by atoms with E-state index in [1.807, 2.05) is 72.8 Å². The highest BCUT2D eigenvalue weighted by Crippen LogP contribution is 2.45. The average Bonchev–Trinajstić information content (AvgIpc) is 3.55. The Balaban J connectivity index is 1.34. The minimum absolute atomic E-state index is 0.438. The lowest BCUT2D eigenvalue weighted by molar-refractivity contribution is 0.294. The van der Waals surface area contributed by atoms with E-state index in [1.54, 1.807) is 13.3 Å². The number of anilines is 2. The zero-order chi connectivity index (χ0) is 35.3. The largest absolute Gasteiger partial charge is 0.497 e. The van der Waals surface area contributed by atoms with Crippen LogP contribution in [0.2, 0.25) is 16.6 Å². The summed E-state index contributed by atoms with van der Waals surface area (Å²) in [6, 6.07) is 37.4. The first kappa shape index (κ1) is 34.8. The molecule has 0 bridgehead atoms. The molecule has 0 spiro atoms. The second kappa shape index (κ2) is 15.3. The van der Waals surface area contributed by atoms with Gasteiger partial charge in [-0.3, -0.25) is 0 Å². The molecule has 258 valence electrons. The summed E-state index contributed by atoms with van der Waals surface area (Å²) >= 11 is 0. The summed E-state index contributed by atoms with van der Waals surface area (Å²) in [5, 5.41) is 4.83. The van der Waals surface area contributed by atoms with Crippen molar-refractivity contribution in [3.63, 3.8) is 0 Å². The van der Waals surface area contributed by atoms with Crippen molar-refractivity contribution < 1.29 is 14.2 Å². The van der Waals surface area contributed by atoms with Gasteiger partial charge in [0.25, 0.3) is 0 Å². The normalized spacial score (nSPS) is 11.8. The highest BCUT2D eigenvalue weighted by atomic mass is 28.3. The van der Waals surface area contributed by atoms with Crippen molar-refractivity contribution in [3.8, 4) is 28.5 Å². The van der Waals surface area contributed by atoms with Crippen molar-refractivity contribution >= 4 is 30.5 Å². The van der Waals surface area contributed by atoms with E-state index >= 15 is 0 Å². The molecule has 0 saturated heterocycles. The lowest BCUT2D eigenvalue weighted by atomic mass is 10.0. The highest BCUT2D eigenvalue weighted by molar-refractivity contribution is 6.82. The van der Waals surface area contributed by atoms with Crippen molar-refractivity contribution in [2.45, 2.75) is 71.4 Å². The van der Waals surface area contributed by atoms with E-state index in [0.29, 0.717) is 35.7 Å². The molecule has 0 aliphatic rings. The van der Waals surface area contributed by atoms with Crippen molar-refractivity contribution in [1.29, 1.82) is 0 Å². The number of hydrogen-bond acceptors (Lipinski definition) is 5. The first-order chi connectivity index (χ1) is 24.2. The maximum Gasteiger partial charge on any atom is 0.213 e. The van der Waals surface area contributed by atoms with Crippen LogP contribution in [0.3, 0.4) is 0 Å². The maximum atomic E-state index is 6.45. The Morgan fingerprint density at radius 2 is 1.36 bits per heavy atom. The minimum atomic E-state index is -1.95. The second-order valence-electron chi connectivity index (χ2n) is 13.9. The van der Waals surface area contributed by atoms with E-state index in [2.05, 4.69) is 98.7 Å². The van der Waals surface area contributed by atoms with Crippen LogP contribution in [0, 0.1) is 0 Å². The van der Waals surface area contributed by atoms with Gasteiger partial charge in [0.1, 0.15) is 24.7 Å². The van der Waals surface area contributed by atoms with Crippen molar-refractivity contribution in [1.82, 2.24) is 9.22 Å². The number of hydrogen-bond donors (Lipinski definition) is 1. The van der Waals surface area contributed by atoms with Gasteiger partial charge in [-0.2, -0.15) is 0 Å². The number of pyridine rings is 1. The third-order valence-electron chi connectivity index (χ3n) is 9.96. The Bertz CT molecular complexity index is 1980. The summed E-state index contributed by atoms with van der Waals surface area (Å²) in [6.07, 6.45) is 4.16. The Labute approximate surface area is 298 Å². The summed E-state index contributed by atoms with van der Waals surface area (Å²) < 4.78 is 20.4. The Morgan fingerprint density at radius 3 is 2.02 bits per heavy atom. The van der Waals surface area contributed by atoms with E-state index in [0.717, 1.165) is 39.6 Å².